The molecule has 0 saturated carbocycles. The van der Waals surface area contributed by atoms with Gasteiger partial charge >= 0.3 is 0 Å². The minimum Gasteiger partial charge on any atom is -0.382 e. The molecule has 0 saturated heterocycles. The third-order valence-electron chi connectivity index (χ3n) is 3.11. The highest BCUT2D eigenvalue weighted by atomic mass is 16.5. The molecule has 0 amide bonds. The quantitative estimate of drug-likeness (QED) is 0.686. The van der Waals surface area contributed by atoms with Crippen molar-refractivity contribution < 1.29 is 9.47 Å². The van der Waals surface area contributed by atoms with Gasteiger partial charge in [0.05, 0.1) is 13.2 Å². The van der Waals surface area contributed by atoms with E-state index in [9.17, 15) is 0 Å². The van der Waals surface area contributed by atoms with Crippen LogP contribution in [0.4, 0.5) is 0 Å². The zero-order valence-corrected chi connectivity index (χ0v) is 11.5. The lowest BCUT2D eigenvalue weighted by atomic mass is 9.94. The fraction of sp³-hybridized carbons (Fsp3) is 0.600. The molecular formula is C15H25NO2. The van der Waals surface area contributed by atoms with Gasteiger partial charge in [-0.15, -0.1) is 0 Å². The topological polar surface area (TPSA) is 44.5 Å². The molecule has 1 rings (SSSR count). The predicted molar refractivity (Wildman–Crippen MR) is 74.9 cm³/mol. The standard InChI is InChI=1S/C15H25NO2/c1-13-5-7-14(8-6-13)15(12-16)4-3-9-18-11-10-17-2/h5-8,15H,3-4,9-12,16H2,1-2H3. The molecule has 3 nitrogen and oxygen atoms in total. The predicted octanol–water partition coefficient (Wildman–Crippen LogP) is 2.48. The molecule has 1 aromatic rings. The van der Waals surface area contributed by atoms with Crippen LogP contribution < -0.4 is 5.73 Å². The summed E-state index contributed by atoms with van der Waals surface area (Å²) in [4.78, 5) is 0. The van der Waals surface area contributed by atoms with Gasteiger partial charge in [-0.1, -0.05) is 29.8 Å². The SMILES string of the molecule is COCCOCCCC(CN)c1ccc(C)cc1. The lowest BCUT2D eigenvalue weighted by Gasteiger charge is -2.15. The highest BCUT2D eigenvalue weighted by Gasteiger charge is 2.08. The van der Waals surface area contributed by atoms with Crippen LogP contribution in [-0.4, -0.2) is 33.5 Å². The van der Waals surface area contributed by atoms with Gasteiger partial charge in [0.15, 0.2) is 0 Å². The van der Waals surface area contributed by atoms with Gasteiger partial charge in [0, 0.05) is 13.7 Å². The molecule has 1 aromatic carbocycles. The average Bonchev–Trinajstić information content (AvgIpc) is 2.39. The Morgan fingerprint density at radius 2 is 1.83 bits per heavy atom. The van der Waals surface area contributed by atoms with E-state index in [4.69, 9.17) is 15.2 Å². The Morgan fingerprint density at radius 3 is 2.44 bits per heavy atom. The number of benzene rings is 1. The summed E-state index contributed by atoms with van der Waals surface area (Å²) >= 11 is 0. The Bertz CT molecular complexity index is 311. The number of methoxy groups -OCH3 is 1. The number of aryl methyl sites for hydroxylation is 1. The highest BCUT2D eigenvalue weighted by Crippen LogP contribution is 2.20. The number of hydrogen-bond acceptors (Lipinski definition) is 3. The molecule has 3 heteroatoms. The summed E-state index contributed by atoms with van der Waals surface area (Å²) in [5.41, 5.74) is 8.47. The molecule has 0 fully saturated rings. The minimum atomic E-state index is 0.441. The van der Waals surface area contributed by atoms with Gasteiger partial charge in [-0.25, -0.2) is 0 Å². The van der Waals surface area contributed by atoms with E-state index in [1.165, 1.54) is 11.1 Å². The molecule has 0 bridgehead atoms. The van der Waals surface area contributed by atoms with E-state index in [0.717, 1.165) is 19.4 Å². The average molecular weight is 251 g/mol. The first-order valence-corrected chi connectivity index (χ1v) is 6.61. The molecule has 0 aromatic heterocycles. The molecule has 1 atom stereocenters. The summed E-state index contributed by atoms with van der Waals surface area (Å²) < 4.78 is 10.4. The first-order chi connectivity index (χ1) is 8.77. The van der Waals surface area contributed by atoms with Crippen LogP contribution in [0.25, 0.3) is 0 Å². The van der Waals surface area contributed by atoms with Crippen LogP contribution in [0.1, 0.15) is 29.9 Å². The molecule has 0 aliphatic carbocycles. The smallest absolute Gasteiger partial charge is 0.0700 e. The van der Waals surface area contributed by atoms with Gasteiger partial charge in [-0.2, -0.15) is 0 Å². The van der Waals surface area contributed by atoms with Crippen molar-refractivity contribution in [3.63, 3.8) is 0 Å². The summed E-state index contributed by atoms with van der Waals surface area (Å²) in [7, 11) is 1.69. The molecule has 1 unspecified atom stereocenters. The molecule has 18 heavy (non-hydrogen) atoms. The van der Waals surface area contributed by atoms with E-state index in [-0.39, 0.29) is 0 Å². The molecule has 2 N–H and O–H groups in total. The Morgan fingerprint density at radius 1 is 1.11 bits per heavy atom. The van der Waals surface area contributed by atoms with E-state index < -0.39 is 0 Å². The van der Waals surface area contributed by atoms with Crippen molar-refractivity contribution in [1.82, 2.24) is 0 Å². The fourth-order valence-electron chi connectivity index (χ4n) is 1.94. The van der Waals surface area contributed by atoms with Crippen LogP contribution in [0, 0.1) is 6.92 Å². The van der Waals surface area contributed by atoms with Crippen LogP contribution in [0.5, 0.6) is 0 Å². The Labute approximate surface area is 110 Å². The maximum atomic E-state index is 5.84. The van der Waals surface area contributed by atoms with E-state index in [0.29, 0.717) is 25.7 Å². The fourth-order valence-corrected chi connectivity index (χ4v) is 1.94. The van der Waals surface area contributed by atoms with Gasteiger partial charge in [-0.05, 0) is 37.8 Å². The van der Waals surface area contributed by atoms with Crippen LogP contribution in [0.15, 0.2) is 24.3 Å². The van der Waals surface area contributed by atoms with Crippen molar-refractivity contribution in [3.05, 3.63) is 35.4 Å². The lowest BCUT2D eigenvalue weighted by molar-refractivity contribution is 0.0682. The summed E-state index contributed by atoms with van der Waals surface area (Å²) in [6, 6.07) is 8.65. The van der Waals surface area contributed by atoms with Crippen LogP contribution in [0.2, 0.25) is 0 Å². The Kier molecular flexibility index (Phi) is 7.65. The summed E-state index contributed by atoms with van der Waals surface area (Å²) in [5.74, 6) is 0.441. The summed E-state index contributed by atoms with van der Waals surface area (Å²) in [5, 5.41) is 0. The minimum absolute atomic E-state index is 0.441. The van der Waals surface area contributed by atoms with Crippen molar-refractivity contribution in [3.8, 4) is 0 Å². The van der Waals surface area contributed by atoms with Gasteiger partial charge in [0.2, 0.25) is 0 Å². The van der Waals surface area contributed by atoms with Crippen molar-refractivity contribution in [2.75, 3.05) is 33.5 Å². The van der Waals surface area contributed by atoms with Crippen LogP contribution >= 0.6 is 0 Å². The second kappa shape index (κ2) is 9.09. The van der Waals surface area contributed by atoms with Gasteiger partial charge < -0.3 is 15.2 Å². The van der Waals surface area contributed by atoms with E-state index in [2.05, 4.69) is 31.2 Å². The van der Waals surface area contributed by atoms with Gasteiger partial charge in [0.25, 0.3) is 0 Å². The monoisotopic (exact) mass is 251 g/mol. The van der Waals surface area contributed by atoms with Gasteiger partial charge in [0.1, 0.15) is 0 Å². The number of rotatable bonds is 9. The highest BCUT2D eigenvalue weighted by molar-refractivity contribution is 5.24. The largest absolute Gasteiger partial charge is 0.382 e. The molecule has 102 valence electrons. The van der Waals surface area contributed by atoms with Crippen molar-refractivity contribution in [1.29, 1.82) is 0 Å². The molecule has 0 radical (unpaired) electrons. The van der Waals surface area contributed by atoms with Crippen LogP contribution in [0.3, 0.4) is 0 Å². The molecule has 0 aliphatic rings. The van der Waals surface area contributed by atoms with Crippen molar-refractivity contribution >= 4 is 0 Å². The van der Waals surface area contributed by atoms with Crippen LogP contribution in [-0.2, 0) is 9.47 Å². The molecule has 0 spiro atoms. The first-order valence-electron chi connectivity index (χ1n) is 6.61. The second-order valence-corrected chi connectivity index (χ2v) is 4.59. The maximum Gasteiger partial charge on any atom is 0.0700 e. The van der Waals surface area contributed by atoms with E-state index in [1.54, 1.807) is 7.11 Å². The molecule has 0 aliphatic heterocycles. The summed E-state index contributed by atoms with van der Waals surface area (Å²) in [6.45, 7) is 4.92. The number of hydrogen-bond donors (Lipinski definition) is 1. The van der Waals surface area contributed by atoms with E-state index in [1.807, 2.05) is 0 Å². The molecular weight excluding hydrogens is 226 g/mol. The zero-order chi connectivity index (χ0) is 13.2. The lowest BCUT2D eigenvalue weighted by Crippen LogP contribution is -2.13. The normalized spacial score (nSPS) is 12.6. The molecule has 0 heterocycles. The number of nitrogens with two attached hydrogens (primary N) is 1. The maximum absolute atomic E-state index is 5.84. The Balaban J connectivity index is 2.27. The second-order valence-electron chi connectivity index (χ2n) is 4.59. The number of ether oxygens (including phenoxy) is 2. The summed E-state index contributed by atoms with van der Waals surface area (Å²) in [6.07, 6.45) is 2.12. The first kappa shape index (κ1) is 15.2. The third-order valence-corrected chi connectivity index (χ3v) is 3.11. The third kappa shape index (κ3) is 5.63. The van der Waals surface area contributed by atoms with E-state index >= 15 is 0 Å². The van der Waals surface area contributed by atoms with Gasteiger partial charge in [-0.3, -0.25) is 0 Å². The Hall–Kier alpha value is -0.900. The van der Waals surface area contributed by atoms with Crippen molar-refractivity contribution in [2.45, 2.75) is 25.7 Å². The zero-order valence-electron chi connectivity index (χ0n) is 11.5. The van der Waals surface area contributed by atoms with Crippen molar-refractivity contribution in [2.24, 2.45) is 5.73 Å².